The number of carboxylic acid groups (broad SMARTS) is 1. The van der Waals surface area contributed by atoms with Gasteiger partial charge in [-0.15, -0.1) is 0 Å². The van der Waals surface area contributed by atoms with Gasteiger partial charge in [-0.1, -0.05) is 6.07 Å². The van der Waals surface area contributed by atoms with Crippen molar-refractivity contribution in [2.45, 2.75) is 32.4 Å². The number of carboxylic acids is 1. The number of hydrogen-bond acceptors (Lipinski definition) is 4. The predicted octanol–water partition coefficient (Wildman–Crippen LogP) is 3.04. The summed E-state index contributed by atoms with van der Waals surface area (Å²) >= 11 is 0. The molecule has 1 unspecified atom stereocenters. The number of benzene rings is 1. The van der Waals surface area contributed by atoms with Crippen molar-refractivity contribution in [1.29, 1.82) is 5.26 Å². The lowest BCUT2D eigenvalue weighted by atomic mass is 10.0. The van der Waals surface area contributed by atoms with Gasteiger partial charge in [0.25, 0.3) is 0 Å². The molecule has 1 fully saturated rings. The second kappa shape index (κ2) is 6.23. The van der Waals surface area contributed by atoms with Gasteiger partial charge in [0.2, 0.25) is 0 Å². The first-order chi connectivity index (χ1) is 11.1. The van der Waals surface area contributed by atoms with Crippen LogP contribution in [-0.2, 0) is 9.53 Å². The highest BCUT2D eigenvalue weighted by atomic mass is 16.5. The van der Waals surface area contributed by atoms with Crippen LogP contribution in [0.3, 0.4) is 0 Å². The second-order valence-electron chi connectivity index (χ2n) is 5.61. The summed E-state index contributed by atoms with van der Waals surface area (Å²) in [5, 5.41) is 23.3. The van der Waals surface area contributed by atoms with Gasteiger partial charge in [0.1, 0.15) is 11.6 Å². The molecule has 0 radical (unpaired) electrons. The topological polar surface area (TPSA) is 88.1 Å². The minimum atomic E-state index is -1.23. The van der Waals surface area contributed by atoms with E-state index in [1.54, 1.807) is 12.3 Å². The minimum absolute atomic E-state index is 0.0873. The van der Waals surface area contributed by atoms with Crippen molar-refractivity contribution in [3.05, 3.63) is 35.0 Å². The van der Waals surface area contributed by atoms with E-state index in [1.807, 2.05) is 23.7 Å². The Balaban J connectivity index is 2.12. The highest BCUT2D eigenvalue weighted by Crippen LogP contribution is 2.29. The van der Waals surface area contributed by atoms with E-state index in [0.29, 0.717) is 5.56 Å². The molecule has 0 amide bonds. The molecule has 0 bridgehead atoms. The largest absolute Gasteiger partial charge is 0.477 e. The zero-order chi connectivity index (χ0) is 16.4. The molecule has 0 spiro atoms. The number of aromatic nitrogens is 2. The Kier molecular flexibility index (Phi) is 4.13. The minimum Gasteiger partial charge on any atom is -0.477 e. The number of rotatable bonds is 3. The first-order valence-corrected chi connectivity index (χ1v) is 7.55. The second-order valence-corrected chi connectivity index (χ2v) is 5.61. The molecule has 1 aromatic carbocycles. The van der Waals surface area contributed by atoms with Crippen LogP contribution in [0.25, 0.3) is 17.0 Å². The molecule has 2 heterocycles. The van der Waals surface area contributed by atoms with Crippen molar-refractivity contribution < 1.29 is 14.6 Å². The fraction of sp³-hybridized carbons (Fsp3) is 0.353. The van der Waals surface area contributed by atoms with E-state index in [9.17, 15) is 4.79 Å². The fourth-order valence-corrected chi connectivity index (χ4v) is 2.88. The Labute approximate surface area is 133 Å². The number of nitriles is 1. The normalized spacial score (nSPS) is 18.8. The molecule has 6 nitrogen and oxygen atoms in total. The Bertz CT molecular complexity index is 823. The number of nitrogens with zero attached hydrogens (tertiary/aromatic N) is 3. The highest BCUT2D eigenvalue weighted by molar-refractivity contribution is 6.00. The van der Waals surface area contributed by atoms with Gasteiger partial charge in [-0.3, -0.25) is 0 Å². The maximum Gasteiger partial charge on any atom is 0.346 e. The lowest BCUT2D eigenvalue weighted by Crippen LogP contribution is -2.18. The summed E-state index contributed by atoms with van der Waals surface area (Å²) in [7, 11) is 0. The van der Waals surface area contributed by atoms with Crippen molar-refractivity contribution in [3.8, 4) is 6.07 Å². The zero-order valence-corrected chi connectivity index (χ0v) is 12.8. The Hall–Kier alpha value is -2.65. The van der Waals surface area contributed by atoms with Crippen LogP contribution in [0.2, 0.25) is 0 Å². The number of ether oxygens (including phenoxy) is 1. The summed E-state index contributed by atoms with van der Waals surface area (Å²) in [5.74, 6) is -1.23. The van der Waals surface area contributed by atoms with Crippen LogP contribution in [0.1, 0.15) is 36.6 Å². The lowest BCUT2D eigenvalue weighted by molar-refractivity contribution is -0.132. The van der Waals surface area contributed by atoms with Gasteiger partial charge < -0.3 is 9.84 Å². The van der Waals surface area contributed by atoms with Crippen LogP contribution >= 0.6 is 0 Å². The number of aliphatic carboxylic acids is 1. The summed E-state index contributed by atoms with van der Waals surface area (Å²) in [6.07, 6.45) is 6.11. The van der Waals surface area contributed by atoms with Crippen molar-refractivity contribution in [1.82, 2.24) is 9.78 Å². The van der Waals surface area contributed by atoms with E-state index in [1.165, 1.54) is 6.08 Å². The molecule has 1 atom stereocenters. The SMILES string of the molecule is Cc1ccc2c(cnn2C2CCCCO2)c1/C=C(\C#N)C(=O)O. The van der Waals surface area contributed by atoms with Crippen LogP contribution in [0.5, 0.6) is 0 Å². The summed E-state index contributed by atoms with van der Waals surface area (Å²) in [6, 6.07) is 5.59. The Morgan fingerprint density at radius 1 is 1.52 bits per heavy atom. The van der Waals surface area contributed by atoms with Gasteiger partial charge in [0.05, 0.1) is 11.7 Å². The predicted molar refractivity (Wildman–Crippen MR) is 84.5 cm³/mol. The number of carbonyl (C=O) groups is 1. The Morgan fingerprint density at radius 2 is 2.35 bits per heavy atom. The first kappa shape index (κ1) is 15.3. The van der Waals surface area contributed by atoms with Gasteiger partial charge in [-0.2, -0.15) is 10.4 Å². The third-order valence-electron chi connectivity index (χ3n) is 4.11. The molecule has 1 saturated heterocycles. The molecule has 1 aliphatic heterocycles. The Morgan fingerprint density at radius 3 is 3.00 bits per heavy atom. The van der Waals surface area contributed by atoms with E-state index >= 15 is 0 Å². The fourth-order valence-electron chi connectivity index (χ4n) is 2.88. The van der Waals surface area contributed by atoms with Gasteiger partial charge in [-0.25, -0.2) is 9.48 Å². The smallest absolute Gasteiger partial charge is 0.346 e. The number of hydrogen-bond donors (Lipinski definition) is 1. The molecule has 23 heavy (non-hydrogen) atoms. The molecular weight excluding hydrogens is 294 g/mol. The summed E-state index contributed by atoms with van der Waals surface area (Å²) in [6.45, 7) is 2.61. The van der Waals surface area contributed by atoms with Crippen molar-refractivity contribution in [3.63, 3.8) is 0 Å². The van der Waals surface area contributed by atoms with E-state index < -0.39 is 5.97 Å². The standard InChI is InChI=1S/C17H17N3O3/c1-11-5-6-15-14(13(11)8-12(9-18)17(21)22)10-19-20(15)16-4-2-3-7-23-16/h5-6,8,10,16H,2-4,7H2,1H3,(H,21,22)/b12-8+. The van der Waals surface area contributed by atoms with Crippen LogP contribution in [-0.4, -0.2) is 27.5 Å². The molecule has 1 aromatic heterocycles. The maximum absolute atomic E-state index is 11.1. The molecule has 1 N–H and O–H groups in total. The zero-order valence-electron chi connectivity index (χ0n) is 12.8. The van der Waals surface area contributed by atoms with Crippen molar-refractivity contribution in [2.24, 2.45) is 0 Å². The van der Waals surface area contributed by atoms with E-state index in [4.69, 9.17) is 15.1 Å². The summed E-state index contributed by atoms with van der Waals surface area (Å²) in [5.41, 5.74) is 2.21. The molecule has 6 heteroatoms. The van der Waals surface area contributed by atoms with Gasteiger partial charge >= 0.3 is 5.97 Å². The summed E-state index contributed by atoms with van der Waals surface area (Å²) in [4.78, 5) is 11.1. The van der Waals surface area contributed by atoms with Crippen LogP contribution in [0.4, 0.5) is 0 Å². The van der Waals surface area contributed by atoms with Crippen LogP contribution < -0.4 is 0 Å². The van der Waals surface area contributed by atoms with Crippen molar-refractivity contribution in [2.75, 3.05) is 6.61 Å². The van der Waals surface area contributed by atoms with E-state index in [2.05, 4.69) is 5.10 Å². The molecule has 0 aliphatic carbocycles. The van der Waals surface area contributed by atoms with Gasteiger partial charge in [0.15, 0.2) is 6.23 Å². The van der Waals surface area contributed by atoms with Crippen molar-refractivity contribution >= 4 is 22.9 Å². The average molecular weight is 311 g/mol. The average Bonchev–Trinajstić information content (AvgIpc) is 2.98. The molecule has 2 aromatic rings. The lowest BCUT2D eigenvalue weighted by Gasteiger charge is -2.23. The maximum atomic E-state index is 11.1. The van der Waals surface area contributed by atoms with Gasteiger partial charge in [0, 0.05) is 12.0 Å². The van der Waals surface area contributed by atoms with E-state index in [0.717, 1.165) is 42.3 Å². The van der Waals surface area contributed by atoms with Crippen LogP contribution in [0.15, 0.2) is 23.9 Å². The third-order valence-corrected chi connectivity index (χ3v) is 4.11. The first-order valence-electron chi connectivity index (χ1n) is 7.55. The van der Waals surface area contributed by atoms with Gasteiger partial charge in [-0.05, 0) is 49.5 Å². The molecule has 0 saturated carbocycles. The number of aryl methyl sites for hydroxylation is 1. The monoisotopic (exact) mass is 311 g/mol. The summed E-state index contributed by atoms with van der Waals surface area (Å²) < 4.78 is 7.62. The van der Waals surface area contributed by atoms with E-state index in [-0.39, 0.29) is 11.8 Å². The molecular formula is C17H17N3O3. The van der Waals surface area contributed by atoms with Crippen LogP contribution in [0, 0.1) is 18.3 Å². The molecule has 118 valence electrons. The molecule has 1 aliphatic rings. The quantitative estimate of drug-likeness (QED) is 0.695. The molecule has 3 rings (SSSR count). The highest BCUT2D eigenvalue weighted by Gasteiger charge is 2.20. The third kappa shape index (κ3) is 2.83. The number of fused-ring (bicyclic) bond motifs is 1.